The van der Waals surface area contributed by atoms with E-state index in [2.05, 4.69) is 103 Å². The Kier molecular flexibility index (Phi) is 6.85. The monoisotopic (exact) mass is 601 g/mol. The van der Waals surface area contributed by atoms with Crippen molar-refractivity contribution >= 4 is 23.4 Å². The van der Waals surface area contributed by atoms with Crippen molar-refractivity contribution in [2.24, 2.45) is 21.8 Å². The highest BCUT2D eigenvalue weighted by molar-refractivity contribution is 5.94. The Morgan fingerprint density at radius 3 is 2.41 bits per heavy atom. The van der Waals surface area contributed by atoms with Crippen LogP contribution in [0.2, 0.25) is 0 Å². The van der Waals surface area contributed by atoms with Gasteiger partial charge in [0.2, 0.25) is 0 Å². The summed E-state index contributed by atoms with van der Waals surface area (Å²) in [6.07, 6.45) is 9.17. The average Bonchev–Trinajstić information content (AvgIpc) is 3.51. The zero-order chi connectivity index (χ0) is 30.6. The molecule has 46 heavy (non-hydrogen) atoms. The molecule has 4 nitrogen and oxygen atoms in total. The lowest BCUT2D eigenvalue weighted by Gasteiger charge is -2.39. The smallest absolute Gasteiger partial charge is 0.163 e. The van der Waals surface area contributed by atoms with Crippen LogP contribution in [0.5, 0.6) is 0 Å². The topological polar surface area (TPSA) is 46.0 Å². The molecule has 4 aromatic carbocycles. The van der Waals surface area contributed by atoms with Gasteiger partial charge in [-0.15, -0.1) is 0 Å². The molecule has 0 saturated carbocycles. The second-order valence-electron chi connectivity index (χ2n) is 13.5. The van der Waals surface area contributed by atoms with Crippen LogP contribution in [-0.2, 0) is 17.8 Å². The minimum atomic E-state index is -0.0846. The van der Waals surface area contributed by atoms with Gasteiger partial charge in [-0.25, -0.2) is 4.99 Å². The normalized spacial score (nSPS) is 23.0. The molecule has 5 aliphatic rings. The van der Waals surface area contributed by atoms with Gasteiger partial charge >= 0.3 is 0 Å². The minimum absolute atomic E-state index is 0.0846. The van der Waals surface area contributed by atoms with Crippen molar-refractivity contribution in [3.63, 3.8) is 0 Å². The maximum atomic E-state index is 6.48. The lowest BCUT2D eigenvalue weighted by Crippen LogP contribution is -2.40. The number of hydrogen-bond acceptors (Lipinski definition) is 4. The maximum absolute atomic E-state index is 6.48. The number of aliphatic imine (C=N–C) groups is 1. The van der Waals surface area contributed by atoms with Crippen LogP contribution in [0, 0.1) is 22.3 Å². The Balaban J connectivity index is 1.27. The van der Waals surface area contributed by atoms with Gasteiger partial charge in [-0.2, -0.15) is 0 Å². The van der Waals surface area contributed by atoms with Crippen LogP contribution >= 0.6 is 0 Å². The molecule has 3 unspecified atom stereocenters. The van der Waals surface area contributed by atoms with Crippen molar-refractivity contribution in [2.75, 3.05) is 13.1 Å². The van der Waals surface area contributed by atoms with E-state index in [1.165, 1.54) is 67.6 Å². The Morgan fingerprint density at radius 2 is 1.54 bits per heavy atom. The van der Waals surface area contributed by atoms with Crippen molar-refractivity contribution in [1.29, 1.82) is 0 Å². The first-order valence-electron chi connectivity index (χ1n) is 17.0. The van der Waals surface area contributed by atoms with Crippen molar-refractivity contribution in [2.45, 2.75) is 51.2 Å². The molecule has 0 amide bonds. The molecule has 0 aromatic heterocycles. The number of ether oxygens (including phenoxy) is 1. The molecule has 4 aromatic rings. The highest BCUT2D eigenvalue weighted by atomic mass is 16.5. The number of hydrogen-bond donors (Lipinski definition) is 1. The zero-order valence-corrected chi connectivity index (χ0v) is 26.4. The summed E-state index contributed by atoms with van der Waals surface area (Å²) in [5.74, 6) is 2.28. The van der Waals surface area contributed by atoms with Crippen LogP contribution in [0.3, 0.4) is 0 Å². The first-order valence-corrected chi connectivity index (χ1v) is 17.0. The van der Waals surface area contributed by atoms with Crippen LogP contribution in [-0.4, -0.2) is 25.3 Å². The van der Waals surface area contributed by atoms with Gasteiger partial charge < -0.3 is 10.1 Å². The molecule has 4 heteroatoms. The predicted molar refractivity (Wildman–Crippen MR) is 185 cm³/mol. The van der Waals surface area contributed by atoms with Gasteiger partial charge in [-0.3, -0.25) is 4.99 Å². The van der Waals surface area contributed by atoms with E-state index in [1.807, 2.05) is 12.3 Å². The second kappa shape index (κ2) is 11.4. The minimum Gasteiger partial charge on any atom is -0.485 e. The van der Waals surface area contributed by atoms with Gasteiger partial charge in [0.25, 0.3) is 0 Å². The number of piperidine rings is 1. The largest absolute Gasteiger partial charge is 0.485 e. The van der Waals surface area contributed by atoms with Crippen molar-refractivity contribution in [3.8, 4) is 0 Å². The van der Waals surface area contributed by atoms with E-state index < -0.39 is 0 Å². The summed E-state index contributed by atoms with van der Waals surface area (Å²) < 4.78 is 6.48. The summed E-state index contributed by atoms with van der Waals surface area (Å²) in [7, 11) is 0. The SMILES string of the molecule is CC1C=c2ccccc2=c2ccc3c(c21)CCC(C1CCNCC1)C=3C1N=CC(OCc2ccccc2)=C2N=c3ccccc3=C21. The molecule has 0 bridgehead atoms. The molecule has 1 fully saturated rings. The number of allylic oxidation sites excluding steroid dienone is 1. The molecular weight excluding hydrogens is 562 g/mol. The third-order valence-corrected chi connectivity index (χ3v) is 10.9. The number of rotatable bonds is 5. The first-order chi connectivity index (χ1) is 22.7. The molecule has 3 aliphatic heterocycles. The Bertz CT molecular complexity index is 2280. The van der Waals surface area contributed by atoms with Crippen LogP contribution in [0.15, 0.2) is 112 Å². The summed E-state index contributed by atoms with van der Waals surface area (Å²) in [5.41, 5.74) is 7.86. The summed E-state index contributed by atoms with van der Waals surface area (Å²) in [5, 5.41) is 11.4. The van der Waals surface area contributed by atoms with Crippen LogP contribution in [0.4, 0.5) is 0 Å². The molecule has 1 N–H and O–H groups in total. The van der Waals surface area contributed by atoms with Gasteiger partial charge in [0.05, 0.1) is 11.6 Å². The lowest BCUT2D eigenvalue weighted by molar-refractivity contribution is 0.216. The summed E-state index contributed by atoms with van der Waals surface area (Å²) in [6, 6.07) is 32.6. The van der Waals surface area contributed by atoms with E-state index in [-0.39, 0.29) is 6.04 Å². The van der Waals surface area contributed by atoms with E-state index in [4.69, 9.17) is 14.7 Å². The second-order valence-corrected chi connectivity index (χ2v) is 13.5. The maximum Gasteiger partial charge on any atom is 0.163 e. The fraction of sp³-hybridized carbons (Fsp3) is 0.286. The number of benzene rings is 4. The average molecular weight is 602 g/mol. The molecule has 3 heterocycles. The van der Waals surface area contributed by atoms with Gasteiger partial charge in [-0.1, -0.05) is 97.9 Å². The predicted octanol–water partition coefficient (Wildman–Crippen LogP) is 4.95. The molecule has 2 aliphatic carbocycles. The standard InChI is InChI=1S/C42H39N3O/c1-26-23-29-11-5-6-12-30(29)32-17-18-34-33(38(26)32)16-15-31(28-19-21-43-22-20-28)39(34)42-40-35-13-7-8-14-36(35)45-41(40)37(24-44-42)46-25-27-9-3-2-4-10-27/h2-14,17-18,23-24,26,28,31,42-43H,15-16,19-22,25H2,1H3. The number of dihydropyridines is 1. The number of nitrogens with one attached hydrogen (secondary N) is 1. The van der Waals surface area contributed by atoms with Gasteiger partial charge in [0, 0.05) is 16.7 Å². The van der Waals surface area contributed by atoms with Gasteiger partial charge in [-0.05, 0) is 99.8 Å². The quantitative estimate of drug-likeness (QED) is 0.352. The highest BCUT2D eigenvalue weighted by Gasteiger charge is 2.39. The number of nitrogens with zero attached hydrogens (tertiary/aromatic N) is 2. The Hall–Kier alpha value is -4.54. The first kappa shape index (κ1) is 27.7. The molecule has 228 valence electrons. The Labute approximate surface area is 269 Å². The van der Waals surface area contributed by atoms with E-state index >= 15 is 0 Å². The lowest BCUT2D eigenvalue weighted by atomic mass is 9.68. The number of para-hydroxylation sites is 1. The van der Waals surface area contributed by atoms with E-state index in [1.54, 1.807) is 0 Å². The molecule has 0 spiro atoms. The summed E-state index contributed by atoms with van der Waals surface area (Å²) in [4.78, 5) is 10.6. The molecule has 0 radical (unpaired) electrons. The van der Waals surface area contributed by atoms with Crippen LogP contribution < -0.4 is 26.3 Å². The molecule has 3 atom stereocenters. The van der Waals surface area contributed by atoms with Crippen molar-refractivity contribution < 1.29 is 4.74 Å². The van der Waals surface area contributed by atoms with Gasteiger partial charge in [0.15, 0.2) is 5.76 Å². The summed E-state index contributed by atoms with van der Waals surface area (Å²) >= 11 is 0. The van der Waals surface area contributed by atoms with Crippen LogP contribution in [0.1, 0.15) is 48.8 Å². The molecular formula is C42H39N3O. The van der Waals surface area contributed by atoms with E-state index in [0.29, 0.717) is 24.4 Å². The van der Waals surface area contributed by atoms with Gasteiger partial charge in [0.1, 0.15) is 18.3 Å². The Morgan fingerprint density at radius 1 is 0.783 bits per heavy atom. The molecule has 1 saturated heterocycles. The van der Waals surface area contributed by atoms with E-state index in [9.17, 15) is 0 Å². The van der Waals surface area contributed by atoms with Crippen molar-refractivity contribution in [3.05, 3.63) is 151 Å². The molecule has 9 rings (SSSR count). The highest BCUT2D eigenvalue weighted by Crippen LogP contribution is 2.43. The van der Waals surface area contributed by atoms with Crippen molar-refractivity contribution in [1.82, 2.24) is 5.32 Å². The van der Waals surface area contributed by atoms with Crippen LogP contribution in [0.25, 0.3) is 17.2 Å². The zero-order valence-electron chi connectivity index (χ0n) is 26.4. The third kappa shape index (κ3) is 4.53. The fourth-order valence-corrected chi connectivity index (χ4v) is 8.87. The van der Waals surface area contributed by atoms with E-state index in [0.717, 1.165) is 41.9 Å². The number of fused-ring (bicyclic) bond motifs is 6. The fourth-order valence-electron chi connectivity index (χ4n) is 8.87. The summed E-state index contributed by atoms with van der Waals surface area (Å²) in [6.45, 7) is 5.07. The third-order valence-electron chi connectivity index (χ3n) is 10.9.